The molecule has 3 rings (SSSR count). The topological polar surface area (TPSA) is 94.1 Å². The molecular formula is C15H18N4O2. The van der Waals surface area contributed by atoms with E-state index in [1.807, 2.05) is 24.3 Å². The first-order valence-corrected chi connectivity index (χ1v) is 7.19. The lowest BCUT2D eigenvalue weighted by Crippen LogP contribution is -2.33. The standard InChI is InChI=1S/C15H18N4O2/c16-10-5-7-11(8-6-10)18-15-12-3-1-2-4-13(12)17-9-14(15)19(20)21/h1-4,9-11H,5-8,16H2,(H,17,18). The molecule has 2 aromatic rings. The molecule has 1 saturated carbocycles. The van der Waals surface area contributed by atoms with Gasteiger partial charge in [0.2, 0.25) is 0 Å². The van der Waals surface area contributed by atoms with Crippen molar-refractivity contribution < 1.29 is 4.92 Å². The SMILES string of the molecule is NC1CCC(Nc2c([N+](=O)[O-])cnc3ccccc23)CC1. The molecular weight excluding hydrogens is 268 g/mol. The van der Waals surface area contributed by atoms with Gasteiger partial charge in [0.05, 0.1) is 10.4 Å². The Bertz CT molecular complexity index is 666. The first kappa shape index (κ1) is 13.8. The molecule has 0 saturated heterocycles. The monoisotopic (exact) mass is 286 g/mol. The minimum Gasteiger partial charge on any atom is -0.376 e. The van der Waals surface area contributed by atoms with Crippen molar-refractivity contribution in [1.29, 1.82) is 0 Å². The van der Waals surface area contributed by atoms with E-state index in [0.29, 0.717) is 5.69 Å². The van der Waals surface area contributed by atoms with Gasteiger partial charge in [-0.05, 0) is 31.7 Å². The predicted octanol–water partition coefficient (Wildman–Crippen LogP) is 2.82. The van der Waals surface area contributed by atoms with Gasteiger partial charge in [0, 0.05) is 17.5 Å². The number of para-hydroxylation sites is 1. The number of hydrogen-bond donors (Lipinski definition) is 2. The highest BCUT2D eigenvalue weighted by Gasteiger charge is 2.23. The van der Waals surface area contributed by atoms with Gasteiger partial charge in [-0.2, -0.15) is 0 Å². The highest BCUT2D eigenvalue weighted by atomic mass is 16.6. The van der Waals surface area contributed by atoms with Crippen LogP contribution in [0.3, 0.4) is 0 Å². The van der Waals surface area contributed by atoms with E-state index >= 15 is 0 Å². The maximum Gasteiger partial charge on any atom is 0.311 e. The summed E-state index contributed by atoms with van der Waals surface area (Å²) in [4.78, 5) is 15.1. The number of anilines is 1. The Morgan fingerprint density at radius 3 is 2.67 bits per heavy atom. The molecule has 1 aromatic carbocycles. The van der Waals surface area contributed by atoms with Gasteiger partial charge >= 0.3 is 5.69 Å². The summed E-state index contributed by atoms with van der Waals surface area (Å²) in [5.41, 5.74) is 7.28. The van der Waals surface area contributed by atoms with Crippen LogP contribution < -0.4 is 11.1 Å². The van der Waals surface area contributed by atoms with E-state index in [1.54, 1.807) is 0 Å². The molecule has 0 bridgehead atoms. The van der Waals surface area contributed by atoms with Crippen LogP contribution in [0.4, 0.5) is 11.4 Å². The Kier molecular flexibility index (Phi) is 3.70. The molecule has 1 heterocycles. The van der Waals surface area contributed by atoms with Gasteiger partial charge in [0.25, 0.3) is 0 Å². The number of hydrogen-bond acceptors (Lipinski definition) is 5. The molecule has 0 radical (unpaired) electrons. The molecule has 0 spiro atoms. The van der Waals surface area contributed by atoms with E-state index in [1.165, 1.54) is 6.20 Å². The lowest BCUT2D eigenvalue weighted by atomic mass is 9.91. The summed E-state index contributed by atoms with van der Waals surface area (Å²) >= 11 is 0. The zero-order chi connectivity index (χ0) is 14.8. The quantitative estimate of drug-likeness (QED) is 0.668. The van der Waals surface area contributed by atoms with Gasteiger partial charge in [-0.25, -0.2) is 4.98 Å². The van der Waals surface area contributed by atoms with Crippen LogP contribution in [0.5, 0.6) is 0 Å². The molecule has 21 heavy (non-hydrogen) atoms. The second-order valence-electron chi connectivity index (χ2n) is 5.55. The largest absolute Gasteiger partial charge is 0.376 e. The fourth-order valence-electron chi connectivity index (χ4n) is 2.89. The van der Waals surface area contributed by atoms with Gasteiger partial charge in [-0.1, -0.05) is 18.2 Å². The Morgan fingerprint density at radius 1 is 1.24 bits per heavy atom. The first-order chi connectivity index (χ1) is 10.1. The average molecular weight is 286 g/mol. The summed E-state index contributed by atoms with van der Waals surface area (Å²) < 4.78 is 0. The lowest BCUT2D eigenvalue weighted by Gasteiger charge is -2.27. The van der Waals surface area contributed by atoms with Crippen molar-refractivity contribution in [3.8, 4) is 0 Å². The van der Waals surface area contributed by atoms with E-state index in [2.05, 4.69) is 10.3 Å². The first-order valence-electron chi connectivity index (χ1n) is 7.19. The number of nitro groups is 1. The number of nitrogens with one attached hydrogen (secondary N) is 1. The van der Waals surface area contributed by atoms with E-state index in [-0.39, 0.29) is 22.7 Å². The van der Waals surface area contributed by atoms with Crippen LogP contribution in [0, 0.1) is 10.1 Å². The molecule has 110 valence electrons. The highest BCUT2D eigenvalue weighted by Crippen LogP contribution is 2.33. The van der Waals surface area contributed by atoms with Crippen molar-refractivity contribution in [2.24, 2.45) is 5.73 Å². The van der Waals surface area contributed by atoms with E-state index < -0.39 is 0 Å². The van der Waals surface area contributed by atoms with Crippen molar-refractivity contribution >= 4 is 22.3 Å². The highest BCUT2D eigenvalue weighted by molar-refractivity contribution is 5.95. The molecule has 1 aliphatic rings. The molecule has 6 nitrogen and oxygen atoms in total. The third-order valence-electron chi connectivity index (χ3n) is 4.07. The molecule has 0 atom stereocenters. The van der Waals surface area contributed by atoms with Crippen molar-refractivity contribution in [1.82, 2.24) is 4.98 Å². The number of benzene rings is 1. The maximum atomic E-state index is 11.3. The minimum atomic E-state index is -0.379. The predicted molar refractivity (Wildman–Crippen MR) is 82.3 cm³/mol. The Hall–Kier alpha value is -2.21. The summed E-state index contributed by atoms with van der Waals surface area (Å²) in [6, 6.07) is 7.97. The molecule has 6 heteroatoms. The number of rotatable bonds is 3. The molecule has 1 aromatic heterocycles. The second kappa shape index (κ2) is 5.65. The Morgan fingerprint density at radius 2 is 1.95 bits per heavy atom. The van der Waals surface area contributed by atoms with Crippen LogP contribution in [0.15, 0.2) is 30.5 Å². The van der Waals surface area contributed by atoms with Gasteiger partial charge < -0.3 is 11.1 Å². The van der Waals surface area contributed by atoms with Crippen molar-refractivity contribution in [3.63, 3.8) is 0 Å². The smallest absolute Gasteiger partial charge is 0.311 e. The van der Waals surface area contributed by atoms with Gasteiger partial charge in [-0.3, -0.25) is 10.1 Å². The van der Waals surface area contributed by atoms with E-state index in [4.69, 9.17) is 5.73 Å². The van der Waals surface area contributed by atoms with Crippen LogP contribution in [-0.2, 0) is 0 Å². The molecule has 0 amide bonds. The number of aromatic nitrogens is 1. The van der Waals surface area contributed by atoms with Crippen molar-refractivity contribution in [2.45, 2.75) is 37.8 Å². The van der Waals surface area contributed by atoms with Crippen LogP contribution in [0.2, 0.25) is 0 Å². The summed E-state index contributed by atoms with van der Waals surface area (Å²) in [7, 11) is 0. The summed E-state index contributed by atoms with van der Waals surface area (Å²) in [5.74, 6) is 0. The maximum absolute atomic E-state index is 11.3. The third-order valence-corrected chi connectivity index (χ3v) is 4.07. The molecule has 1 aliphatic carbocycles. The van der Waals surface area contributed by atoms with Crippen LogP contribution in [0.1, 0.15) is 25.7 Å². The lowest BCUT2D eigenvalue weighted by molar-refractivity contribution is -0.384. The van der Waals surface area contributed by atoms with E-state index in [9.17, 15) is 10.1 Å². The minimum absolute atomic E-state index is 0.0311. The third kappa shape index (κ3) is 2.80. The fraction of sp³-hybridized carbons (Fsp3) is 0.400. The zero-order valence-corrected chi connectivity index (χ0v) is 11.7. The molecule has 1 fully saturated rings. The Labute approximate surface area is 122 Å². The second-order valence-corrected chi connectivity index (χ2v) is 5.55. The van der Waals surface area contributed by atoms with Gasteiger partial charge in [-0.15, -0.1) is 0 Å². The van der Waals surface area contributed by atoms with Crippen molar-refractivity contribution in [2.75, 3.05) is 5.32 Å². The molecule has 3 N–H and O–H groups in total. The average Bonchev–Trinajstić information content (AvgIpc) is 2.49. The zero-order valence-electron chi connectivity index (χ0n) is 11.7. The van der Waals surface area contributed by atoms with Crippen LogP contribution in [0.25, 0.3) is 10.9 Å². The van der Waals surface area contributed by atoms with Crippen LogP contribution >= 0.6 is 0 Å². The fourth-order valence-corrected chi connectivity index (χ4v) is 2.89. The number of fused-ring (bicyclic) bond motifs is 1. The van der Waals surface area contributed by atoms with Crippen molar-refractivity contribution in [3.05, 3.63) is 40.6 Å². The Balaban J connectivity index is 1.98. The summed E-state index contributed by atoms with van der Waals surface area (Å²) in [6.07, 6.45) is 5.12. The molecule has 0 unspecified atom stereocenters. The molecule has 0 aliphatic heterocycles. The summed E-state index contributed by atoms with van der Waals surface area (Å²) in [5, 5.41) is 15.4. The normalized spacial score (nSPS) is 22.1. The summed E-state index contributed by atoms with van der Waals surface area (Å²) in [6.45, 7) is 0. The number of nitrogens with zero attached hydrogens (tertiary/aromatic N) is 2. The van der Waals surface area contributed by atoms with Crippen LogP contribution in [-0.4, -0.2) is 22.0 Å². The van der Waals surface area contributed by atoms with Gasteiger partial charge in [0.15, 0.2) is 0 Å². The number of nitrogens with two attached hydrogens (primary N) is 1. The van der Waals surface area contributed by atoms with E-state index in [0.717, 1.165) is 36.6 Å². The number of pyridine rings is 1. The van der Waals surface area contributed by atoms with Gasteiger partial charge in [0.1, 0.15) is 11.9 Å².